The second-order valence-electron chi connectivity index (χ2n) is 5.28. The van der Waals surface area contributed by atoms with Crippen LogP contribution in [0.25, 0.3) is 0 Å². The van der Waals surface area contributed by atoms with Crippen molar-refractivity contribution < 1.29 is 18.3 Å². The number of hydrogen-bond donors (Lipinski definition) is 2. The van der Waals surface area contributed by atoms with Crippen LogP contribution in [0.3, 0.4) is 0 Å². The highest BCUT2D eigenvalue weighted by atomic mass is 32.2. The van der Waals surface area contributed by atoms with E-state index >= 15 is 0 Å². The van der Waals surface area contributed by atoms with Gasteiger partial charge in [-0.25, -0.2) is 8.42 Å². The van der Waals surface area contributed by atoms with E-state index in [0.717, 1.165) is 12.7 Å². The van der Waals surface area contributed by atoms with Gasteiger partial charge in [0.25, 0.3) is 0 Å². The molecule has 0 saturated carbocycles. The predicted molar refractivity (Wildman–Crippen MR) is 67.8 cm³/mol. The zero-order valence-electron chi connectivity index (χ0n) is 11.0. The fourth-order valence-corrected chi connectivity index (χ4v) is 2.28. The molecule has 1 unspecified atom stereocenters. The Bertz CT molecular complexity index is 348. The molecule has 0 saturated heterocycles. The van der Waals surface area contributed by atoms with Crippen molar-refractivity contribution in [2.45, 2.75) is 27.2 Å². The molecule has 0 bridgehead atoms. The summed E-state index contributed by atoms with van der Waals surface area (Å²) in [7, 11) is -3.26. The summed E-state index contributed by atoms with van der Waals surface area (Å²) in [5, 5.41) is 12.0. The molecule has 1 atom stereocenters. The number of carbonyl (C=O) groups is 1. The van der Waals surface area contributed by atoms with Crippen molar-refractivity contribution in [3.05, 3.63) is 0 Å². The molecule has 17 heavy (non-hydrogen) atoms. The summed E-state index contributed by atoms with van der Waals surface area (Å²) in [6.07, 6.45) is 2.03. The minimum atomic E-state index is -3.26. The molecule has 0 aliphatic heterocycles. The van der Waals surface area contributed by atoms with E-state index in [-0.39, 0.29) is 17.7 Å². The SMILES string of the molecule is CCC(C)(C)CNCC(CS(C)(=O)=O)C(=O)O. The number of rotatable bonds is 8. The Morgan fingerprint density at radius 3 is 2.29 bits per heavy atom. The van der Waals surface area contributed by atoms with Crippen LogP contribution in [-0.4, -0.2) is 44.6 Å². The van der Waals surface area contributed by atoms with Gasteiger partial charge in [0, 0.05) is 19.3 Å². The summed E-state index contributed by atoms with van der Waals surface area (Å²) in [5.74, 6) is -2.27. The predicted octanol–water partition coefficient (Wildman–Crippen LogP) is 0.758. The van der Waals surface area contributed by atoms with Gasteiger partial charge in [0.05, 0.1) is 11.7 Å². The summed E-state index contributed by atoms with van der Waals surface area (Å²) in [6.45, 7) is 7.08. The highest BCUT2D eigenvalue weighted by Crippen LogP contribution is 2.17. The molecule has 0 aliphatic rings. The average Bonchev–Trinajstić information content (AvgIpc) is 2.14. The second kappa shape index (κ2) is 6.35. The first-order valence-corrected chi connectivity index (χ1v) is 7.74. The number of aliphatic carboxylic acids is 1. The average molecular weight is 265 g/mol. The number of nitrogens with one attached hydrogen (secondary N) is 1. The molecule has 6 heteroatoms. The standard InChI is InChI=1S/C11H23NO4S/c1-5-11(2,3)8-12-6-9(10(13)14)7-17(4,15)16/h9,12H,5-8H2,1-4H3,(H,13,14). The molecule has 5 nitrogen and oxygen atoms in total. The molecule has 0 aromatic rings. The van der Waals surface area contributed by atoms with Crippen LogP contribution >= 0.6 is 0 Å². The van der Waals surface area contributed by atoms with E-state index in [1.54, 1.807) is 0 Å². The van der Waals surface area contributed by atoms with E-state index in [0.29, 0.717) is 6.54 Å². The van der Waals surface area contributed by atoms with Gasteiger partial charge in [-0.15, -0.1) is 0 Å². The number of carboxylic acid groups (broad SMARTS) is 1. The Hall–Kier alpha value is -0.620. The summed E-state index contributed by atoms with van der Waals surface area (Å²) < 4.78 is 22.1. The van der Waals surface area contributed by atoms with Crippen LogP contribution in [0.2, 0.25) is 0 Å². The van der Waals surface area contributed by atoms with Crippen molar-refractivity contribution in [2.75, 3.05) is 25.1 Å². The summed E-state index contributed by atoms with van der Waals surface area (Å²) >= 11 is 0. The molecule has 0 radical (unpaired) electrons. The van der Waals surface area contributed by atoms with Crippen LogP contribution < -0.4 is 5.32 Å². The molecule has 2 N–H and O–H groups in total. The van der Waals surface area contributed by atoms with Gasteiger partial charge in [-0.1, -0.05) is 20.8 Å². The van der Waals surface area contributed by atoms with Crippen molar-refractivity contribution >= 4 is 15.8 Å². The fourth-order valence-electron chi connectivity index (χ4n) is 1.29. The molecule has 0 aromatic carbocycles. The fraction of sp³-hybridized carbons (Fsp3) is 0.909. The second-order valence-corrected chi connectivity index (χ2v) is 7.46. The molecular formula is C11H23NO4S. The lowest BCUT2D eigenvalue weighted by Gasteiger charge is -2.24. The maximum absolute atomic E-state index is 11.1. The van der Waals surface area contributed by atoms with Gasteiger partial charge in [0.1, 0.15) is 9.84 Å². The van der Waals surface area contributed by atoms with E-state index in [9.17, 15) is 13.2 Å². The molecule has 0 fully saturated rings. The topological polar surface area (TPSA) is 83.5 Å². The number of carboxylic acids is 1. The van der Waals surface area contributed by atoms with Gasteiger partial charge >= 0.3 is 5.97 Å². The summed E-state index contributed by atoms with van der Waals surface area (Å²) in [5.41, 5.74) is 0.0914. The van der Waals surface area contributed by atoms with Crippen molar-refractivity contribution in [2.24, 2.45) is 11.3 Å². The highest BCUT2D eigenvalue weighted by Gasteiger charge is 2.23. The van der Waals surface area contributed by atoms with Gasteiger partial charge in [0.2, 0.25) is 0 Å². The first kappa shape index (κ1) is 16.4. The van der Waals surface area contributed by atoms with Crippen LogP contribution in [0.5, 0.6) is 0 Å². The van der Waals surface area contributed by atoms with E-state index in [4.69, 9.17) is 5.11 Å². The Morgan fingerprint density at radius 2 is 1.94 bits per heavy atom. The zero-order chi connectivity index (χ0) is 13.7. The van der Waals surface area contributed by atoms with Gasteiger partial charge < -0.3 is 10.4 Å². The number of hydrogen-bond acceptors (Lipinski definition) is 4. The maximum Gasteiger partial charge on any atom is 0.308 e. The van der Waals surface area contributed by atoms with Crippen LogP contribution in [0.1, 0.15) is 27.2 Å². The molecule has 0 aliphatic carbocycles. The quantitative estimate of drug-likeness (QED) is 0.677. The minimum Gasteiger partial charge on any atom is -0.481 e. The van der Waals surface area contributed by atoms with E-state index in [1.807, 2.05) is 0 Å². The third-order valence-corrected chi connectivity index (χ3v) is 3.81. The third kappa shape index (κ3) is 8.15. The van der Waals surface area contributed by atoms with E-state index in [1.165, 1.54) is 0 Å². The van der Waals surface area contributed by atoms with Gasteiger partial charge in [0.15, 0.2) is 0 Å². The largest absolute Gasteiger partial charge is 0.481 e. The van der Waals surface area contributed by atoms with Crippen LogP contribution in [0.4, 0.5) is 0 Å². The molecule has 0 aromatic heterocycles. The molecule has 0 spiro atoms. The van der Waals surface area contributed by atoms with Crippen molar-refractivity contribution in [1.29, 1.82) is 0 Å². The van der Waals surface area contributed by atoms with Crippen LogP contribution in [0, 0.1) is 11.3 Å². The molecule has 0 rings (SSSR count). The summed E-state index contributed by atoms with van der Waals surface area (Å²) in [4.78, 5) is 10.9. The Kier molecular flexibility index (Phi) is 6.12. The Balaban J connectivity index is 4.26. The van der Waals surface area contributed by atoms with Crippen LogP contribution in [0.15, 0.2) is 0 Å². The number of sulfone groups is 1. The van der Waals surface area contributed by atoms with Crippen molar-refractivity contribution in [3.8, 4) is 0 Å². The smallest absolute Gasteiger partial charge is 0.308 e. The van der Waals surface area contributed by atoms with E-state index < -0.39 is 21.7 Å². The zero-order valence-corrected chi connectivity index (χ0v) is 11.8. The highest BCUT2D eigenvalue weighted by molar-refractivity contribution is 7.90. The minimum absolute atomic E-state index is 0.0914. The lowest BCUT2D eigenvalue weighted by molar-refractivity contribution is -0.140. The lowest BCUT2D eigenvalue weighted by atomic mass is 9.90. The van der Waals surface area contributed by atoms with Gasteiger partial charge in [-0.3, -0.25) is 4.79 Å². The monoisotopic (exact) mass is 265 g/mol. The molecule has 0 heterocycles. The Labute approximate surface area is 104 Å². The van der Waals surface area contributed by atoms with Crippen molar-refractivity contribution in [3.63, 3.8) is 0 Å². The normalized spacial score (nSPS) is 14.6. The summed E-state index contributed by atoms with van der Waals surface area (Å²) in [6, 6.07) is 0. The first-order valence-electron chi connectivity index (χ1n) is 5.68. The van der Waals surface area contributed by atoms with Crippen LogP contribution in [-0.2, 0) is 14.6 Å². The first-order chi connectivity index (χ1) is 7.57. The lowest BCUT2D eigenvalue weighted by Crippen LogP contribution is -2.37. The molecular weight excluding hydrogens is 242 g/mol. The molecule has 0 amide bonds. The van der Waals surface area contributed by atoms with Gasteiger partial charge in [-0.2, -0.15) is 0 Å². The molecule has 102 valence electrons. The maximum atomic E-state index is 11.1. The van der Waals surface area contributed by atoms with Gasteiger partial charge in [-0.05, 0) is 11.8 Å². The van der Waals surface area contributed by atoms with Crippen molar-refractivity contribution in [1.82, 2.24) is 5.32 Å². The third-order valence-electron chi connectivity index (χ3n) is 2.80. The Morgan fingerprint density at radius 1 is 1.41 bits per heavy atom. The van der Waals surface area contributed by atoms with E-state index in [2.05, 4.69) is 26.1 Å².